The van der Waals surface area contributed by atoms with Gasteiger partial charge in [0.2, 0.25) is 0 Å². The fourth-order valence-electron chi connectivity index (χ4n) is 10.7. The van der Waals surface area contributed by atoms with Crippen molar-refractivity contribution in [2.45, 2.75) is 0 Å². The first-order valence-corrected chi connectivity index (χ1v) is 23.2. The van der Waals surface area contributed by atoms with E-state index in [-0.39, 0.29) is 0 Å². The third kappa shape index (κ3) is 6.55. The Morgan fingerprint density at radius 3 is 1.46 bits per heavy atom. The fraction of sp³-hybridized carbons (Fsp3) is 0. The highest BCUT2D eigenvalue weighted by Gasteiger charge is 2.22. The second kappa shape index (κ2) is 16.0. The second-order valence-electron chi connectivity index (χ2n) is 17.6. The van der Waals surface area contributed by atoms with Crippen molar-refractivity contribution in [2.24, 2.45) is 0 Å². The smallest absolute Gasteiger partial charge is 0.0540 e. The standard InChI is InChI=1S/C66H43N/c1-5-18-45(19-6-1)60-43-61(46-20-7-2-8-21-46)65-59-38-35-49(42-62(59)57-29-15-16-30-58(57)66(65)64(60)47-23-9-3-10-24-47)48-34-37-54-50(40-48)32-33-51-41-53(36-39-55(51)54)67(52-26-11-4-12-27-52)63-31-17-25-44-22-13-14-28-56(44)63/h1-43H. The maximum absolute atomic E-state index is 2.44. The first kappa shape index (κ1) is 38.7. The van der Waals surface area contributed by atoms with E-state index in [9.17, 15) is 0 Å². The van der Waals surface area contributed by atoms with Crippen molar-refractivity contribution in [1.29, 1.82) is 0 Å². The number of hydrogen-bond donors (Lipinski definition) is 0. The van der Waals surface area contributed by atoms with Crippen LogP contribution in [0.3, 0.4) is 0 Å². The number of benzene rings is 13. The number of nitrogens with zero attached hydrogens (tertiary/aromatic N) is 1. The zero-order valence-electron chi connectivity index (χ0n) is 36.8. The van der Waals surface area contributed by atoms with Gasteiger partial charge in [0.1, 0.15) is 0 Å². The highest BCUT2D eigenvalue weighted by molar-refractivity contribution is 6.33. The fourth-order valence-corrected chi connectivity index (χ4v) is 10.7. The van der Waals surface area contributed by atoms with E-state index in [1.165, 1.54) is 109 Å². The maximum atomic E-state index is 2.44. The van der Waals surface area contributed by atoms with Crippen LogP contribution < -0.4 is 4.90 Å². The Morgan fingerprint density at radius 2 is 0.746 bits per heavy atom. The molecule has 0 aliphatic rings. The molecule has 13 aromatic carbocycles. The zero-order valence-corrected chi connectivity index (χ0v) is 36.8. The van der Waals surface area contributed by atoms with Gasteiger partial charge in [0.15, 0.2) is 0 Å². The second-order valence-corrected chi connectivity index (χ2v) is 17.6. The van der Waals surface area contributed by atoms with Gasteiger partial charge in [0.05, 0.1) is 5.69 Å². The van der Waals surface area contributed by atoms with Crippen molar-refractivity contribution in [3.8, 4) is 44.5 Å². The predicted octanol–water partition coefficient (Wildman–Crippen LogP) is 18.7. The number of anilines is 3. The minimum atomic E-state index is 1.13. The first-order chi connectivity index (χ1) is 33.2. The third-order valence-electron chi connectivity index (χ3n) is 13.8. The van der Waals surface area contributed by atoms with Crippen molar-refractivity contribution in [1.82, 2.24) is 0 Å². The molecule has 1 heteroatoms. The van der Waals surface area contributed by atoms with Gasteiger partial charge in [-0.25, -0.2) is 0 Å². The SMILES string of the molecule is c1ccc(-c2cc(-c3ccccc3)c3c4ccc(-c5ccc6c(ccc7cc(N(c8ccccc8)c8cccc9ccccc89)ccc76)c5)cc4c4ccccc4c3c2-c2ccccc2)cc1. The van der Waals surface area contributed by atoms with E-state index in [1.54, 1.807) is 0 Å². The Morgan fingerprint density at radius 1 is 0.224 bits per heavy atom. The molecule has 0 aliphatic heterocycles. The molecule has 0 bridgehead atoms. The first-order valence-electron chi connectivity index (χ1n) is 23.2. The Labute approximate surface area is 390 Å². The molecule has 67 heavy (non-hydrogen) atoms. The van der Waals surface area contributed by atoms with E-state index >= 15 is 0 Å². The van der Waals surface area contributed by atoms with Crippen LogP contribution in [0.15, 0.2) is 261 Å². The average molecular weight is 850 g/mol. The van der Waals surface area contributed by atoms with Crippen molar-refractivity contribution < 1.29 is 0 Å². The van der Waals surface area contributed by atoms with Crippen LogP contribution in [0.4, 0.5) is 17.1 Å². The normalized spacial score (nSPS) is 11.6. The molecule has 0 saturated heterocycles. The van der Waals surface area contributed by atoms with Crippen molar-refractivity contribution in [2.75, 3.05) is 4.90 Å². The topological polar surface area (TPSA) is 3.24 Å². The summed E-state index contributed by atoms with van der Waals surface area (Å²) in [6.07, 6.45) is 0. The van der Waals surface area contributed by atoms with Crippen molar-refractivity contribution >= 4 is 81.7 Å². The van der Waals surface area contributed by atoms with Crippen LogP contribution in [0.1, 0.15) is 0 Å². The van der Waals surface area contributed by atoms with Crippen LogP contribution in [-0.4, -0.2) is 0 Å². The van der Waals surface area contributed by atoms with E-state index in [2.05, 4.69) is 266 Å². The third-order valence-corrected chi connectivity index (χ3v) is 13.8. The Hall–Kier alpha value is -8.78. The molecule has 0 aromatic heterocycles. The molecule has 0 fully saturated rings. The van der Waals surface area contributed by atoms with Crippen molar-refractivity contribution in [3.05, 3.63) is 261 Å². The molecule has 0 N–H and O–H groups in total. The van der Waals surface area contributed by atoms with Crippen LogP contribution in [-0.2, 0) is 0 Å². The van der Waals surface area contributed by atoms with Gasteiger partial charge in [-0.05, 0) is 152 Å². The summed E-state index contributed by atoms with van der Waals surface area (Å²) in [4.78, 5) is 2.38. The lowest BCUT2D eigenvalue weighted by atomic mass is 9.81. The molecule has 0 heterocycles. The summed E-state index contributed by atoms with van der Waals surface area (Å²) in [5, 5.41) is 15.0. The Balaban J connectivity index is 0.983. The Bertz CT molecular complexity index is 4000. The number of hydrogen-bond acceptors (Lipinski definition) is 1. The molecular formula is C66H43N. The van der Waals surface area contributed by atoms with Gasteiger partial charge in [-0.3, -0.25) is 0 Å². The van der Waals surface area contributed by atoms with Gasteiger partial charge in [-0.1, -0.05) is 212 Å². The van der Waals surface area contributed by atoms with E-state index in [0.29, 0.717) is 0 Å². The molecule has 0 saturated carbocycles. The monoisotopic (exact) mass is 849 g/mol. The molecule has 13 rings (SSSR count). The van der Waals surface area contributed by atoms with E-state index in [0.717, 1.165) is 17.1 Å². The lowest BCUT2D eigenvalue weighted by Gasteiger charge is -2.27. The van der Waals surface area contributed by atoms with Crippen LogP contribution in [0.25, 0.3) is 109 Å². The molecule has 312 valence electrons. The molecule has 0 spiro atoms. The largest absolute Gasteiger partial charge is 0.310 e. The number of rotatable bonds is 7. The Kier molecular flexibility index (Phi) is 9.25. The maximum Gasteiger partial charge on any atom is 0.0540 e. The summed E-state index contributed by atoms with van der Waals surface area (Å²) in [5.74, 6) is 0. The quantitative estimate of drug-likeness (QED) is 0.144. The van der Waals surface area contributed by atoms with E-state index < -0.39 is 0 Å². The predicted molar refractivity (Wildman–Crippen MR) is 288 cm³/mol. The molecule has 0 amide bonds. The summed E-state index contributed by atoms with van der Waals surface area (Å²) >= 11 is 0. The van der Waals surface area contributed by atoms with Crippen LogP contribution in [0.5, 0.6) is 0 Å². The zero-order chi connectivity index (χ0) is 44.3. The van der Waals surface area contributed by atoms with Gasteiger partial charge < -0.3 is 4.90 Å². The average Bonchev–Trinajstić information content (AvgIpc) is 3.41. The lowest BCUT2D eigenvalue weighted by molar-refractivity contribution is 1.30. The van der Waals surface area contributed by atoms with Gasteiger partial charge in [-0.2, -0.15) is 0 Å². The molecule has 0 radical (unpaired) electrons. The highest BCUT2D eigenvalue weighted by atomic mass is 15.1. The van der Waals surface area contributed by atoms with E-state index in [4.69, 9.17) is 0 Å². The molecule has 1 nitrogen and oxygen atoms in total. The van der Waals surface area contributed by atoms with Gasteiger partial charge in [0.25, 0.3) is 0 Å². The minimum Gasteiger partial charge on any atom is -0.310 e. The van der Waals surface area contributed by atoms with Crippen LogP contribution in [0.2, 0.25) is 0 Å². The van der Waals surface area contributed by atoms with Crippen LogP contribution >= 0.6 is 0 Å². The minimum absolute atomic E-state index is 1.13. The molecule has 0 unspecified atom stereocenters. The summed E-state index contributed by atoms with van der Waals surface area (Å²) < 4.78 is 0. The molecule has 0 aliphatic carbocycles. The molecular weight excluding hydrogens is 807 g/mol. The molecule has 0 atom stereocenters. The summed E-state index contributed by atoms with van der Waals surface area (Å²) in [7, 11) is 0. The van der Waals surface area contributed by atoms with Crippen molar-refractivity contribution in [3.63, 3.8) is 0 Å². The molecule has 13 aromatic rings. The number of fused-ring (bicyclic) bond motifs is 10. The van der Waals surface area contributed by atoms with Crippen LogP contribution in [0, 0.1) is 0 Å². The van der Waals surface area contributed by atoms with Gasteiger partial charge in [-0.15, -0.1) is 0 Å². The van der Waals surface area contributed by atoms with E-state index in [1.807, 2.05) is 0 Å². The number of para-hydroxylation sites is 1. The highest BCUT2D eigenvalue weighted by Crippen LogP contribution is 2.50. The summed E-state index contributed by atoms with van der Waals surface area (Å²) in [6.45, 7) is 0. The summed E-state index contributed by atoms with van der Waals surface area (Å²) in [6, 6.07) is 95.8. The summed E-state index contributed by atoms with van der Waals surface area (Å²) in [5.41, 5.74) is 13.2. The van der Waals surface area contributed by atoms with Gasteiger partial charge >= 0.3 is 0 Å². The lowest BCUT2D eigenvalue weighted by Crippen LogP contribution is -2.10. The van der Waals surface area contributed by atoms with Gasteiger partial charge in [0, 0.05) is 16.8 Å².